The van der Waals surface area contributed by atoms with Crippen LogP contribution in [0.15, 0.2) is 27.8 Å². The molecule has 0 amide bonds. The first-order chi connectivity index (χ1) is 11.8. The van der Waals surface area contributed by atoms with Crippen LogP contribution in [0.25, 0.3) is 0 Å². The lowest BCUT2D eigenvalue weighted by Crippen LogP contribution is -2.39. The number of nitrogens with one attached hydrogen (secondary N) is 2. The Hall–Kier alpha value is -1.49. The van der Waals surface area contributed by atoms with E-state index in [1.54, 1.807) is 6.26 Å². The van der Waals surface area contributed by atoms with Gasteiger partial charge in [-0.3, -0.25) is 4.99 Å². The highest BCUT2D eigenvalue weighted by Crippen LogP contribution is 2.48. The van der Waals surface area contributed by atoms with Crippen molar-refractivity contribution in [3.63, 3.8) is 0 Å². The highest BCUT2D eigenvalue weighted by molar-refractivity contribution is 5.79. The Morgan fingerprint density at radius 1 is 1.29 bits per heavy atom. The summed E-state index contributed by atoms with van der Waals surface area (Å²) >= 11 is 0. The summed E-state index contributed by atoms with van der Waals surface area (Å²) in [5.41, 5.74) is 0.384. The molecule has 1 aliphatic rings. The van der Waals surface area contributed by atoms with Crippen molar-refractivity contribution < 1.29 is 9.15 Å². The molecule has 1 heterocycles. The van der Waals surface area contributed by atoms with E-state index in [1.165, 1.54) is 19.3 Å². The van der Waals surface area contributed by atoms with Crippen LogP contribution < -0.4 is 10.6 Å². The molecule has 0 aliphatic heterocycles. The first kappa shape index (κ1) is 18.8. The minimum atomic E-state index is 0.384. The van der Waals surface area contributed by atoms with Gasteiger partial charge in [0.2, 0.25) is 0 Å². The van der Waals surface area contributed by atoms with Crippen molar-refractivity contribution in [3.8, 4) is 0 Å². The van der Waals surface area contributed by atoms with Gasteiger partial charge in [0, 0.05) is 39.3 Å². The molecule has 0 radical (unpaired) electrons. The zero-order valence-electron chi connectivity index (χ0n) is 15.3. The summed E-state index contributed by atoms with van der Waals surface area (Å²) in [4.78, 5) is 4.84. The Labute approximate surface area is 146 Å². The summed E-state index contributed by atoms with van der Waals surface area (Å²) in [5, 5.41) is 6.88. The van der Waals surface area contributed by atoms with Gasteiger partial charge in [0.25, 0.3) is 0 Å². The summed E-state index contributed by atoms with van der Waals surface area (Å²) in [5.74, 6) is 1.93. The molecule has 24 heavy (non-hydrogen) atoms. The van der Waals surface area contributed by atoms with Crippen LogP contribution in [0.3, 0.4) is 0 Å². The van der Waals surface area contributed by atoms with Crippen LogP contribution in [0.4, 0.5) is 0 Å². The van der Waals surface area contributed by atoms with Crippen LogP contribution in [-0.2, 0) is 11.2 Å². The normalized spacial score (nSPS) is 16.2. The molecule has 0 saturated heterocycles. The molecule has 1 saturated carbocycles. The molecular formula is C19H33N3O2. The molecule has 0 unspecified atom stereocenters. The fraction of sp³-hybridized carbons (Fsp3) is 0.737. The summed E-state index contributed by atoms with van der Waals surface area (Å²) < 4.78 is 10.9. The Bertz CT molecular complexity index is 467. The summed E-state index contributed by atoms with van der Waals surface area (Å²) in [6.07, 6.45) is 8.62. The second-order valence-corrected chi connectivity index (χ2v) is 6.65. The number of furan rings is 1. The van der Waals surface area contributed by atoms with Gasteiger partial charge in [-0.2, -0.15) is 0 Å². The molecule has 2 rings (SSSR count). The van der Waals surface area contributed by atoms with Crippen molar-refractivity contribution in [1.82, 2.24) is 10.6 Å². The maximum absolute atomic E-state index is 5.51. The van der Waals surface area contributed by atoms with E-state index in [1.807, 2.05) is 12.1 Å². The fourth-order valence-corrected chi connectivity index (χ4v) is 2.66. The second-order valence-electron chi connectivity index (χ2n) is 6.65. The molecular weight excluding hydrogens is 302 g/mol. The number of aliphatic imine (C=N–C) groups is 1. The first-order valence-electron chi connectivity index (χ1n) is 9.40. The molecule has 136 valence electrons. The lowest BCUT2D eigenvalue weighted by atomic mass is 10.0. The predicted molar refractivity (Wildman–Crippen MR) is 98.4 cm³/mol. The number of nitrogens with zero attached hydrogens (tertiary/aromatic N) is 1. The van der Waals surface area contributed by atoms with E-state index >= 15 is 0 Å². The minimum absolute atomic E-state index is 0.384. The second kappa shape index (κ2) is 10.4. The molecule has 5 nitrogen and oxygen atoms in total. The molecule has 1 fully saturated rings. The van der Waals surface area contributed by atoms with Crippen LogP contribution in [-0.4, -0.2) is 38.8 Å². The fourth-order valence-electron chi connectivity index (χ4n) is 2.66. The lowest BCUT2D eigenvalue weighted by molar-refractivity contribution is 0.129. The topological polar surface area (TPSA) is 58.8 Å². The number of hydrogen-bond acceptors (Lipinski definition) is 3. The number of rotatable bonds is 12. The van der Waals surface area contributed by atoms with Gasteiger partial charge in [-0.05, 0) is 50.2 Å². The van der Waals surface area contributed by atoms with Gasteiger partial charge in [0.05, 0.1) is 6.26 Å². The Balaban J connectivity index is 1.77. The zero-order chi connectivity index (χ0) is 17.1. The van der Waals surface area contributed by atoms with Crippen LogP contribution in [0.1, 0.15) is 51.7 Å². The quantitative estimate of drug-likeness (QED) is 0.349. The third-order valence-electron chi connectivity index (χ3n) is 4.58. The lowest BCUT2D eigenvalue weighted by Gasteiger charge is -2.16. The van der Waals surface area contributed by atoms with Gasteiger partial charge in [-0.25, -0.2) is 0 Å². The van der Waals surface area contributed by atoms with Crippen molar-refractivity contribution in [2.75, 3.05) is 32.8 Å². The summed E-state index contributed by atoms with van der Waals surface area (Å²) in [7, 11) is 0. The number of hydrogen-bond donors (Lipinski definition) is 2. The maximum Gasteiger partial charge on any atom is 0.191 e. The molecule has 2 N–H and O–H groups in total. The van der Waals surface area contributed by atoms with Crippen molar-refractivity contribution >= 4 is 5.96 Å². The van der Waals surface area contributed by atoms with Crippen molar-refractivity contribution in [2.24, 2.45) is 10.4 Å². The SMILES string of the molecule is CCCCNC(=NCC1(CCOCC)CC1)NCCc1ccco1. The van der Waals surface area contributed by atoms with E-state index < -0.39 is 0 Å². The molecule has 0 aromatic carbocycles. The molecule has 0 atom stereocenters. The monoisotopic (exact) mass is 335 g/mol. The zero-order valence-corrected chi connectivity index (χ0v) is 15.3. The standard InChI is InChI=1S/C19H33N3O2/c1-3-5-12-20-18(21-13-8-17-7-6-14-24-17)22-16-19(9-10-19)11-15-23-4-2/h6-7,14H,3-5,8-13,15-16H2,1-2H3,(H2,20,21,22). The van der Waals surface area contributed by atoms with E-state index in [4.69, 9.17) is 14.1 Å². The van der Waals surface area contributed by atoms with Gasteiger partial charge in [0.15, 0.2) is 5.96 Å². The van der Waals surface area contributed by atoms with Crippen LogP contribution >= 0.6 is 0 Å². The summed E-state index contributed by atoms with van der Waals surface area (Å²) in [6, 6.07) is 3.94. The van der Waals surface area contributed by atoms with E-state index in [9.17, 15) is 0 Å². The molecule has 0 bridgehead atoms. The third kappa shape index (κ3) is 6.95. The third-order valence-corrected chi connectivity index (χ3v) is 4.58. The highest BCUT2D eigenvalue weighted by Gasteiger charge is 2.41. The van der Waals surface area contributed by atoms with Gasteiger partial charge < -0.3 is 19.8 Å². The van der Waals surface area contributed by atoms with Crippen LogP contribution in [0, 0.1) is 5.41 Å². The van der Waals surface area contributed by atoms with E-state index in [-0.39, 0.29) is 0 Å². The van der Waals surface area contributed by atoms with E-state index in [0.29, 0.717) is 5.41 Å². The average Bonchev–Trinajstić information content (AvgIpc) is 3.16. The Kier molecular flexibility index (Phi) is 8.16. The highest BCUT2D eigenvalue weighted by atomic mass is 16.5. The molecule has 5 heteroatoms. The number of guanidine groups is 1. The average molecular weight is 335 g/mol. The maximum atomic E-state index is 5.51. The van der Waals surface area contributed by atoms with Crippen molar-refractivity contribution in [1.29, 1.82) is 0 Å². The number of unbranched alkanes of at least 4 members (excludes halogenated alkanes) is 1. The largest absolute Gasteiger partial charge is 0.469 e. The molecule has 1 aromatic rings. The predicted octanol–water partition coefficient (Wildman–Crippen LogP) is 3.36. The first-order valence-corrected chi connectivity index (χ1v) is 9.40. The van der Waals surface area contributed by atoms with Gasteiger partial charge in [-0.1, -0.05) is 13.3 Å². The van der Waals surface area contributed by atoms with Gasteiger partial charge in [0.1, 0.15) is 5.76 Å². The van der Waals surface area contributed by atoms with Crippen LogP contribution in [0.2, 0.25) is 0 Å². The van der Waals surface area contributed by atoms with Crippen molar-refractivity contribution in [3.05, 3.63) is 24.2 Å². The Morgan fingerprint density at radius 3 is 2.79 bits per heavy atom. The number of ether oxygens (including phenoxy) is 1. The molecule has 1 aliphatic carbocycles. The summed E-state index contributed by atoms with van der Waals surface area (Å²) in [6.45, 7) is 8.61. The van der Waals surface area contributed by atoms with Crippen LogP contribution in [0.5, 0.6) is 0 Å². The van der Waals surface area contributed by atoms with Crippen molar-refractivity contribution in [2.45, 2.75) is 52.4 Å². The van der Waals surface area contributed by atoms with Gasteiger partial charge >= 0.3 is 0 Å². The minimum Gasteiger partial charge on any atom is -0.469 e. The van der Waals surface area contributed by atoms with E-state index in [2.05, 4.69) is 24.5 Å². The van der Waals surface area contributed by atoms with Gasteiger partial charge in [-0.15, -0.1) is 0 Å². The van der Waals surface area contributed by atoms with E-state index in [0.717, 1.165) is 63.8 Å². The smallest absolute Gasteiger partial charge is 0.191 e. The molecule has 0 spiro atoms. The Morgan fingerprint density at radius 2 is 2.12 bits per heavy atom. The molecule has 1 aromatic heterocycles.